The Hall–Kier alpha value is -3.52. The third-order valence-corrected chi connectivity index (χ3v) is 7.10. The molecule has 1 aromatic heterocycles. The van der Waals surface area contributed by atoms with Crippen molar-refractivity contribution < 1.29 is 14.3 Å². The highest BCUT2D eigenvalue weighted by atomic mass is 16.5. The molecule has 0 bridgehead atoms. The average Bonchev–Trinajstić information content (AvgIpc) is 3.31. The minimum absolute atomic E-state index is 0.000793. The number of piperazine rings is 1. The van der Waals surface area contributed by atoms with Crippen molar-refractivity contribution in [3.05, 3.63) is 82.2 Å². The molecule has 1 saturated heterocycles. The van der Waals surface area contributed by atoms with E-state index in [1.807, 2.05) is 29.2 Å². The van der Waals surface area contributed by atoms with Crippen LogP contribution in [0.25, 0.3) is 0 Å². The molecule has 8 heteroatoms. The molecule has 1 atom stereocenters. The van der Waals surface area contributed by atoms with Crippen LogP contribution in [0.2, 0.25) is 0 Å². The number of hydrogen-bond donors (Lipinski definition) is 0. The summed E-state index contributed by atoms with van der Waals surface area (Å²) in [5.74, 6) is -0.158. The van der Waals surface area contributed by atoms with Gasteiger partial charge in [0.15, 0.2) is 5.69 Å². The zero-order chi connectivity index (χ0) is 25.4. The highest BCUT2D eigenvalue weighted by molar-refractivity contribution is 5.95. The molecule has 0 radical (unpaired) electrons. The van der Waals surface area contributed by atoms with E-state index in [2.05, 4.69) is 62.3 Å². The van der Waals surface area contributed by atoms with E-state index in [-0.39, 0.29) is 29.9 Å². The smallest absolute Gasteiger partial charge is 0.276 e. The van der Waals surface area contributed by atoms with Crippen LogP contribution in [0, 0.1) is 6.92 Å². The first kappa shape index (κ1) is 24.2. The summed E-state index contributed by atoms with van der Waals surface area (Å²) in [6.07, 6.45) is -0.116. The molecule has 0 spiro atoms. The van der Waals surface area contributed by atoms with Crippen LogP contribution in [0.3, 0.4) is 0 Å². The maximum Gasteiger partial charge on any atom is 0.276 e. The Labute approximate surface area is 211 Å². The SMILES string of the molecule is Cc1ccc([C@H]2Cn3nnc(C(=O)N4CCN(C(=O)c5ccc(C(C)(C)C)cc5)CC4)c3CO2)cc1. The summed E-state index contributed by atoms with van der Waals surface area (Å²) in [6.45, 7) is 11.2. The van der Waals surface area contributed by atoms with Gasteiger partial charge in [0, 0.05) is 31.7 Å². The van der Waals surface area contributed by atoms with Crippen LogP contribution >= 0.6 is 0 Å². The summed E-state index contributed by atoms with van der Waals surface area (Å²) in [5.41, 5.74) is 5.25. The van der Waals surface area contributed by atoms with Crippen molar-refractivity contribution in [2.24, 2.45) is 0 Å². The Morgan fingerprint density at radius 3 is 2.11 bits per heavy atom. The lowest BCUT2D eigenvalue weighted by atomic mass is 9.86. The van der Waals surface area contributed by atoms with Crippen LogP contribution in [0.4, 0.5) is 0 Å². The highest BCUT2D eigenvalue weighted by Crippen LogP contribution is 2.28. The van der Waals surface area contributed by atoms with Gasteiger partial charge >= 0.3 is 0 Å². The number of ether oxygens (including phenoxy) is 1. The number of carbonyl (C=O) groups is 2. The summed E-state index contributed by atoms with van der Waals surface area (Å²) >= 11 is 0. The molecule has 2 aliphatic rings. The maximum atomic E-state index is 13.3. The number of carbonyl (C=O) groups excluding carboxylic acids is 2. The zero-order valence-electron chi connectivity index (χ0n) is 21.4. The molecule has 0 unspecified atom stereocenters. The van der Waals surface area contributed by atoms with Gasteiger partial charge in [-0.1, -0.05) is 67.9 Å². The van der Waals surface area contributed by atoms with E-state index in [1.165, 1.54) is 11.1 Å². The lowest BCUT2D eigenvalue weighted by molar-refractivity contribution is -0.00203. The summed E-state index contributed by atoms with van der Waals surface area (Å²) < 4.78 is 7.85. The number of nitrogens with zero attached hydrogens (tertiary/aromatic N) is 5. The van der Waals surface area contributed by atoms with Crippen LogP contribution in [-0.4, -0.2) is 62.8 Å². The monoisotopic (exact) mass is 487 g/mol. The van der Waals surface area contributed by atoms with Gasteiger partial charge in [-0.15, -0.1) is 5.10 Å². The first-order chi connectivity index (χ1) is 17.2. The van der Waals surface area contributed by atoms with Gasteiger partial charge in [-0.2, -0.15) is 0 Å². The Morgan fingerprint density at radius 1 is 0.889 bits per heavy atom. The van der Waals surface area contributed by atoms with E-state index in [9.17, 15) is 9.59 Å². The summed E-state index contributed by atoms with van der Waals surface area (Å²) in [5, 5.41) is 8.45. The standard InChI is InChI=1S/C28H33N5O3/c1-19-5-7-20(8-6-19)24-17-33-23(18-36-24)25(29-30-33)27(35)32-15-13-31(14-16-32)26(34)21-9-11-22(12-10-21)28(2,3)4/h5-12,24H,13-18H2,1-4H3/t24-/m1/s1. The molecule has 5 rings (SSSR count). The number of aryl methyl sites for hydroxylation is 1. The normalized spacial score (nSPS) is 18.2. The highest BCUT2D eigenvalue weighted by Gasteiger charge is 2.32. The molecule has 0 aliphatic carbocycles. The van der Waals surface area contributed by atoms with E-state index >= 15 is 0 Å². The molecule has 3 heterocycles. The topological polar surface area (TPSA) is 80.6 Å². The minimum Gasteiger partial charge on any atom is -0.365 e. The Bertz CT molecular complexity index is 1250. The molecule has 2 aromatic carbocycles. The number of amides is 2. The maximum absolute atomic E-state index is 13.3. The Morgan fingerprint density at radius 2 is 1.50 bits per heavy atom. The summed E-state index contributed by atoms with van der Waals surface area (Å²) in [4.78, 5) is 29.8. The van der Waals surface area contributed by atoms with E-state index in [4.69, 9.17) is 4.74 Å². The molecule has 3 aromatic rings. The molecule has 2 amide bonds. The third kappa shape index (κ3) is 4.78. The van der Waals surface area contributed by atoms with Crippen molar-refractivity contribution in [3.63, 3.8) is 0 Å². The van der Waals surface area contributed by atoms with Gasteiger partial charge < -0.3 is 14.5 Å². The van der Waals surface area contributed by atoms with Gasteiger partial charge in [0.25, 0.3) is 11.8 Å². The molecular formula is C28H33N5O3. The number of benzene rings is 2. The van der Waals surface area contributed by atoms with Gasteiger partial charge in [-0.3, -0.25) is 9.59 Å². The van der Waals surface area contributed by atoms with Crippen LogP contribution in [0.5, 0.6) is 0 Å². The molecule has 188 valence electrons. The lowest BCUT2D eigenvalue weighted by Gasteiger charge is -2.34. The predicted octanol–water partition coefficient (Wildman–Crippen LogP) is 3.75. The second-order valence-electron chi connectivity index (χ2n) is 10.7. The molecule has 2 aliphatic heterocycles. The first-order valence-corrected chi connectivity index (χ1v) is 12.5. The fraction of sp³-hybridized carbons (Fsp3) is 0.429. The van der Waals surface area contributed by atoms with Crippen molar-refractivity contribution in [2.45, 2.75) is 52.4 Å². The predicted molar refractivity (Wildman–Crippen MR) is 136 cm³/mol. The lowest BCUT2D eigenvalue weighted by Crippen LogP contribution is -2.50. The van der Waals surface area contributed by atoms with Crippen LogP contribution in [-0.2, 0) is 23.3 Å². The van der Waals surface area contributed by atoms with E-state index in [0.29, 0.717) is 49.7 Å². The number of aromatic nitrogens is 3. The fourth-order valence-corrected chi connectivity index (χ4v) is 4.72. The van der Waals surface area contributed by atoms with Gasteiger partial charge in [-0.25, -0.2) is 4.68 Å². The molecule has 0 N–H and O–H groups in total. The first-order valence-electron chi connectivity index (χ1n) is 12.5. The van der Waals surface area contributed by atoms with Crippen LogP contribution in [0.1, 0.15) is 70.1 Å². The second-order valence-corrected chi connectivity index (χ2v) is 10.7. The molecule has 36 heavy (non-hydrogen) atoms. The minimum atomic E-state index is -0.157. The van der Waals surface area contributed by atoms with Gasteiger partial charge in [-0.05, 0) is 35.6 Å². The van der Waals surface area contributed by atoms with E-state index in [0.717, 1.165) is 5.56 Å². The van der Waals surface area contributed by atoms with Gasteiger partial charge in [0.05, 0.1) is 18.8 Å². The number of rotatable bonds is 3. The van der Waals surface area contributed by atoms with Crippen molar-refractivity contribution in [1.29, 1.82) is 0 Å². The summed E-state index contributed by atoms with van der Waals surface area (Å²) in [7, 11) is 0. The quantitative estimate of drug-likeness (QED) is 0.562. The molecular weight excluding hydrogens is 454 g/mol. The Kier molecular flexibility index (Phi) is 6.38. The fourth-order valence-electron chi connectivity index (χ4n) is 4.72. The Balaban J connectivity index is 1.20. The van der Waals surface area contributed by atoms with Gasteiger partial charge in [0.1, 0.15) is 6.10 Å². The largest absolute Gasteiger partial charge is 0.365 e. The van der Waals surface area contributed by atoms with Crippen LogP contribution < -0.4 is 0 Å². The molecule has 1 fully saturated rings. The van der Waals surface area contributed by atoms with Crippen molar-refractivity contribution >= 4 is 11.8 Å². The molecule has 0 saturated carbocycles. The van der Waals surface area contributed by atoms with E-state index < -0.39 is 0 Å². The van der Waals surface area contributed by atoms with E-state index in [1.54, 1.807) is 9.58 Å². The van der Waals surface area contributed by atoms with Crippen molar-refractivity contribution in [1.82, 2.24) is 24.8 Å². The molecule has 8 nitrogen and oxygen atoms in total. The number of fused-ring (bicyclic) bond motifs is 1. The van der Waals surface area contributed by atoms with Crippen LogP contribution in [0.15, 0.2) is 48.5 Å². The second kappa shape index (κ2) is 9.50. The summed E-state index contributed by atoms with van der Waals surface area (Å²) in [6, 6.07) is 16.1. The van der Waals surface area contributed by atoms with Gasteiger partial charge in [0.2, 0.25) is 0 Å². The third-order valence-electron chi connectivity index (χ3n) is 7.10. The number of hydrogen-bond acceptors (Lipinski definition) is 5. The zero-order valence-corrected chi connectivity index (χ0v) is 21.4. The van der Waals surface area contributed by atoms with Crippen molar-refractivity contribution in [2.75, 3.05) is 26.2 Å². The average molecular weight is 488 g/mol. The van der Waals surface area contributed by atoms with Crippen molar-refractivity contribution in [3.8, 4) is 0 Å².